The smallest absolute Gasteiger partial charge is 0.0113 e. The van der Waals surface area contributed by atoms with Crippen LogP contribution in [-0.4, -0.2) is 54.3 Å². The molecule has 0 aromatic rings. The van der Waals surface area contributed by atoms with Gasteiger partial charge in [-0.3, -0.25) is 4.90 Å². The van der Waals surface area contributed by atoms with E-state index in [-0.39, 0.29) is 0 Å². The molecule has 0 spiro atoms. The Morgan fingerprint density at radius 3 is 2.18 bits per heavy atom. The monoisotopic (exact) mass is 254 g/mol. The van der Waals surface area contributed by atoms with Crippen LogP contribution in [0.15, 0.2) is 0 Å². The zero-order valence-corrected chi connectivity index (χ0v) is 11.8. The van der Waals surface area contributed by atoms with Gasteiger partial charge in [0.05, 0.1) is 0 Å². The van der Waals surface area contributed by atoms with Gasteiger partial charge in [0.2, 0.25) is 0 Å². The van der Waals surface area contributed by atoms with Crippen LogP contribution in [0.4, 0.5) is 0 Å². The van der Waals surface area contributed by atoms with Gasteiger partial charge < -0.3 is 4.90 Å². The fraction of sp³-hybridized carbons (Fsp3) is 1.00. The summed E-state index contributed by atoms with van der Waals surface area (Å²) < 4.78 is 0. The van der Waals surface area contributed by atoms with Crippen molar-refractivity contribution in [3.63, 3.8) is 0 Å². The normalized spacial score (nSPS) is 30.9. The summed E-state index contributed by atoms with van der Waals surface area (Å²) in [5.74, 6) is 1.09. The van der Waals surface area contributed by atoms with Crippen molar-refractivity contribution in [2.45, 2.75) is 44.6 Å². The lowest BCUT2D eigenvalue weighted by Gasteiger charge is -2.40. The zero-order valence-electron chi connectivity index (χ0n) is 10.9. The molecular formula is C14H26N2S. The first-order valence-electron chi connectivity index (χ1n) is 7.39. The lowest BCUT2D eigenvalue weighted by atomic mass is 9.87. The third kappa shape index (κ3) is 2.82. The number of hydrogen-bond acceptors (Lipinski definition) is 3. The van der Waals surface area contributed by atoms with E-state index in [9.17, 15) is 0 Å². The third-order valence-corrected chi connectivity index (χ3v) is 5.70. The van der Waals surface area contributed by atoms with Gasteiger partial charge in [0.15, 0.2) is 0 Å². The van der Waals surface area contributed by atoms with Gasteiger partial charge in [0.1, 0.15) is 0 Å². The molecule has 1 saturated heterocycles. The molecule has 98 valence electrons. The molecule has 0 radical (unpaired) electrons. The highest BCUT2D eigenvalue weighted by Crippen LogP contribution is 2.40. The highest BCUT2D eigenvalue weighted by atomic mass is 32.1. The molecule has 0 aromatic carbocycles. The SMILES string of the molecule is SCC1(CN2CCN(C3CC3)CC2)CCCC1. The molecule has 0 unspecified atom stereocenters. The second kappa shape index (κ2) is 5.10. The van der Waals surface area contributed by atoms with Crippen LogP contribution >= 0.6 is 12.6 Å². The van der Waals surface area contributed by atoms with Crippen molar-refractivity contribution in [1.82, 2.24) is 9.80 Å². The highest BCUT2D eigenvalue weighted by Gasteiger charge is 2.36. The van der Waals surface area contributed by atoms with Crippen molar-refractivity contribution in [1.29, 1.82) is 0 Å². The Bertz CT molecular complexity index is 251. The van der Waals surface area contributed by atoms with Crippen LogP contribution in [-0.2, 0) is 0 Å². The fourth-order valence-corrected chi connectivity index (χ4v) is 4.11. The number of nitrogens with zero attached hydrogens (tertiary/aromatic N) is 2. The minimum absolute atomic E-state index is 0.560. The van der Waals surface area contributed by atoms with Crippen molar-refractivity contribution < 1.29 is 0 Å². The topological polar surface area (TPSA) is 6.48 Å². The van der Waals surface area contributed by atoms with Crippen LogP contribution in [0.2, 0.25) is 0 Å². The maximum atomic E-state index is 4.62. The lowest BCUT2D eigenvalue weighted by molar-refractivity contribution is 0.0906. The van der Waals surface area contributed by atoms with E-state index in [2.05, 4.69) is 22.4 Å². The Kier molecular flexibility index (Phi) is 3.69. The molecule has 3 aliphatic rings. The summed E-state index contributed by atoms with van der Waals surface area (Å²) in [6.45, 7) is 6.54. The third-order valence-electron chi connectivity index (χ3n) is 5.03. The van der Waals surface area contributed by atoms with Crippen LogP contribution in [0.3, 0.4) is 0 Å². The van der Waals surface area contributed by atoms with Gasteiger partial charge in [-0.25, -0.2) is 0 Å². The number of thiol groups is 1. The summed E-state index contributed by atoms with van der Waals surface area (Å²) in [7, 11) is 0. The average Bonchev–Trinajstić information content (AvgIpc) is 3.11. The van der Waals surface area contributed by atoms with Crippen molar-refractivity contribution in [2.24, 2.45) is 5.41 Å². The first-order chi connectivity index (χ1) is 8.31. The Morgan fingerprint density at radius 1 is 1.00 bits per heavy atom. The van der Waals surface area contributed by atoms with Gasteiger partial charge in [-0.2, -0.15) is 12.6 Å². The fourth-order valence-electron chi connectivity index (χ4n) is 3.69. The van der Waals surface area contributed by atoms with Crippen molar-refractivity contribution in [3.8, 4) is 0 Å². The van der Waals surface area contributed by atoms with Gasteiger partial charge in [0, 0.05) is 38.8 Å². The predicted molar refractivity (Wildman–Crippen MR) is 75.8 cm³/mol. The summed E-state index contributed by atoms with van der Waals surface area (Å²) in [4.78, 5) is 5.42. The molecule has 3 heteroatoms. The summed E-state index contributed by atoms with van der Waals surface area (Å²) in [6.07, 6.45) is 8.62. The Hall–Kier alpha value is 0.270. The van der Waals surface area contributed by atoms with Crippen LogP contribution in [0, 0.1) is 5.41 Å². The maximum Gasteiger partial charge on any atom is 0.0113 e. The van der Waals surface area contributed by atoms with E-state index in [0.717, 1.165) is 11.8 Å². The number of piperazine rings is 1. The summed E-state index contributed by atoms with van der Waals surface area (Å²) >= 11 is 4.62. The first kappa shape index (κ1) is 12.3. The summed E-state index contributed by atoms with van der Waals surface area (Å²) in [5, 5.41) is 0. The average molecular weight is 254 g/mol. The quantitative estimate of drug-likeness (QED) is 0.769. The van der Waals surface area contributed by atoms with E-state index in [1.165, 1.54) is 71.2 Å². The standard InChI is InChI=1S/C14H26N2S/c17-12-14(5-1-2-6-14)11-15-7-9-16(10-8-15)13-3-4-13/h13,17H,1-12H2. The van der Waals surface area contributed by atoms with Crippen molar-refractivity contribution >= 4 is 12.6 Å². The maximum absolute atomic E-state index is 4.62. The van der Waals surface area contributed by atoms with Crippen LogP contribution in [0.1, 0.15) is 38.5 Å². The molecule has 17 heavy (non-hydrogen) atoms. The molecule has 2 aliphatic carbocycles. The molecule has 0 N–H and O–H groups in total. The minimum Gasteiger partial charge on any atom is -0.300 e. The molecule has 1 heterocycles. The molecule has 2 nitrogen and oxygen atoms in total. The van der Waals surface area contributed by atoms with E-state index in [0.29, 0.717) is 5.41 Å². The van der Waals surface area contributed by atoms with Crippen LogP contribution in [0.25, 0.3) is 0 Å². The zero-order chi connectivity index (χ0) is 11.7. The summed E-state index contributed by atoms with van der Waals surface area (Å²) in [5.41, 5.74) is 0.560. The van der Waals surface area contributed by atoms with Gasteiger partial charge in [-0.1, -0.05) is 12.8 Å². The predicted octanol–water partition coefficient (Wildman–Crippen LogP) is 2.26. The van der Waals surface area contributed by atoms with Crippen molar-refractivity contribution in [3.05, 3.63) is 0 Å². The Morgan fingerprint density at radius 2 is 1.65 bits per heavy atom. The number of hydrogen-bond donors (Lipinski definition) is 1. The molecule has 0 atom stereocenters. The van der Waals surface area contributed by atoms with Gasteiger partial charge in [-0.15, -0.1) is 0 Å². The molecule has 0 aromatic heterocycles. The van der Waals surface area contributed by atoms with E-state index in [1.54, 1.807) is 0 Å². The largest absolute Gasteiger partial charge is 0.300 e. The van der Waals surface area contributed by atoms with E-state index < -0.39 is 0 Å². The van der Waals surface area contributed by atoms with Gasteiger partial charge >= 0.3 is 0 Å². The molecule has 0 bridgehead atoms. The molecule has 3 rings (SSSR count). The minimum atomic E-state index is 0.560. The summed E-state index contributed by atoms with van der Waals surface area (Å²) in [6, 6.07) is 0.961. The van der Waals surface area contributed by atoms with E-state index in [4.69, 9.17) is 0 Å². The Labute approximate surface area is 111 Å². The van der Waals surface area contributed by atoms with Crippen molar-refractivity contribution in [2.75, 3.05) is 38.5 Å². The molecule has 0 amide bonds. The number of rotatable bonds is 4. The lowest BCUT2D eigenvalue weighted by Crippen LogP contribution is -2.50. The van der Waals surface area contributed by atoms with Crippen LogP contribution in [0.5, 0.6) is 0 Å². The van der Waals surface area contributed by atoms with E-state index >= 15 is 0 Å². The van der Waals surface area contributed by atoms with Gasteiger partial charge in [-0.05, 0) is 36.9 Å². The Balaban J connectivity index is 1.49. The second-order valence-electron chi connectivity index (χ2n) is 6.41. The van der Waals surface area contributed by atoms with E-state index in [1.807, 2.05) is 0 Å². The molecule has 1 aliphatic heterocycles. The second-order valence-corrected chi connectivity index (χ2v) is 6.72. The van der Waals surface area contributed by atoms with Crippen LogP contribution < -0.4 is 0 Å². The first-order valence-corrected chi connectivity index (χ1v) is 8.02. The molecule has 2 saturated carbocycles. The molecular weight excluding hydrogens is 228 g/mol. The molecule has 3 fully saturated rings. The highest BCUT2D eigenvalue weighted by molar-refractivity contribution is 7.80. The van der Waals surface area contributed by atoms with Gasteiger partial charge in [0.25, 0.3) is 0 Å².